The SMILES string of the molecule is CCc1ccc(Nc2ccc(C(F)(F)F)cc2)nc1C(C)=O. The summed E-state index contributed by atoms with van der Waals surface area (Å²) in [6.45, 7) is 3.36. The zero-order valence-corrected chi connectivity index (χ0v) is 12.2. The molecule has 0 bridgehead atoms. The molecule has 0 aliphatic carbocycles. The van der Waals surface area contributed by atoms with Crippen molar-refractivity contribution in [2.45, 2.75) is 26.4 Å². The smallest absolute Gasteiger partial charge is 0.340 e. The van der Waals surface area contributed by atoms with E-state index < -0.39 is 11.7 Å². The van der Waals surface area contributed by atoms with Gasteiger partial charge in [0.15, 0.2) is 5.78 Å². The molecule has 0 saturated carbocycles. The van der Waals surface area contributed by atoms with E-state index in [0.29, 0.717) is 23.6 Å². The van der Waals surface area contributed by atoms with E-state index >= 15 is 0 Å². The number of aromatic nitrogens is 1. The Morgan fingerprint density at radius 3 is 2.27 bits per heavy atom. The van der Waals surface area contributed by atoms with Gasteiger partial charge in [-0.25, -0.2) is 4.98 Å². The second-order valence-electron chi connectivity index (χ2n) is 4.81. The van der Waals surface area contributed by atoms with Gasteiger partial charge in [0.2, 0.25) is 0 Å². The maximum atomic E-state index is 12.5. The van der Waals surface area contributed by atoms with Crippen molar-refractivity contribution in [1.29, 1.82) is 0 Å². The van der Waals surface area contributed by atoms with Crippen LogP contribution in [0.1, 0.15) is 35.5 Å². The summed E-state index contributed by atoms with van der Waals surface area (Å²) < 4.78 is 37.5. The highest BCUT2D eigenvalue weighted by Gasteiger charge is 2.29. The van der Waals surface area contributed by atoms with Gasteiger partial charge in [0.25, 0.3) is 0 Å². The van der Waals surface area contributed by atoms with Crippen LogP contribution in [0.25, 0.3) is 0 Å². The third kappa shape index (κ3) is 3.63. The van der Waals surface area contributed by atoms with Gasteiger partial charge in [-0.2, -0.15) is 13.2 Å². The monoisotopic (exact) mass is 308 g/mol. The van der Waals surface area contributed by atoms with Crippen LogP contribution in [-0.2, 0) is 12.6 Å². The molecule has 0 saturated heterocycles. The minimum absolute atomic E-state index is 0.145. The summed E-state index contributed by atoms with van der Waals surface area (Å²) in [5.74, 6) is 0.273. The van der Waals surface area contributed by atoms with Gasteiger partial charge in [0, 0.05) is 12.6 Å². The van der Waals surface area contributed by atoms with E-state index in [0.717, 1.165) is 17.7 Å². The van der Waals surface area contributed by atoms with Gasteiger partial charge < -0.3 is 5.32 Å². The quantitative estimate of drug-likeness (QED) is 0.839. The molecule has 6 heteroatoms. The molecule has 3 nitrogen and oxygen atoms in total. The van der Waals surface area contributed by atoms with Crippen LogP contribution in [0, 0.1) is 0 Å². The number of halogens is 3. The van der Waals surface area contributed by atoms with Crippen molar-refractivity contribution < 1.29 is 18.0 Å². The van der Waals surface area contributed by atoms with Crippen LogP contribution in [-0.4, -0.2) is 10.8 Å². The molecule has 116 valence electrons. The molecule has 1 aromatic heterocycles. The number of anilines is 2. The fourth-order valence-corrected chi connectivity index (χ4v) is 2.04. The Labute approximate surface area is 126 Å². The predicted molar refractivity (Wildman–Crippen MR) is 78.3 cm³/mol. The topological polar surface area (TPSA) is 42.0 Å². The van der Waals surface area contributed by atoms with Crippen molar-refractivity contribution in [3.63, 3.8) is 0 Å². The molecular formula is C16H15F3N2O. The highest BCUT2D eigenvalue weighted by Crippen LogP contribution is 2.30. The van der Waals surface area contributed by atoms with Crippen molar-refractivity contribution >= 4 is 17.3 Å². The number of carbonyl (C=O) groups excluding carboxylic acids is 1. The number of benzene rings is 1. The molecule has 0 fully saturated rings. The van der Waals surface area contributed by atoms with Gasteiger partial charge in [0.05, 0.1) is 5.56 Å². The maximum Gasteiger partial charge on any atom is 0.416 e. The number of rotatable bonds is 4. The van der Waals surface area contributed by atoms with Gasteiger partial charge in [0.1, 0.15) is 11.5 Å². The molecular weight excluding hydrogens is 293 g/mol. The number of carbonyl (C=O) groups is 1. The summed E-state index contributed by atoms with van der Waals surface area (Å²) in [5, 5.41) is 2.90. The van der Waals surface area contributed by atoms with Crippen LogP contribution in [0.2, 0.25) is 0 Å². The summed E-state index contributed by atoms with van der Waals surface area (Å²) in [6.07, 6.45) is -3.68. The Balaban J connectivity index is 2.24. The first-order valence-corrected chi connectivity index (χ1v) is 6.76. The molecule has 2 aromatic rings. The molecule has 22 heavy (non-hydrogen) atoms. The standard InChI is InChI=1S/C16H15F3N2O/c1-3-11-4-9-14(21-15(11)10(2)22)20-13-7-5-12(6-8-13)16(17,18)19/h4-9H,3H2,1-2H3,(H,20,21). The number of Topliss-reactive ketones (excluding diaryl/α,β-unsaturated/α-hetero) is 1. The minimum atomic E-state index is -4.36. The van der Waals surface area contributed by atoms with Crippen LogP contribution in [0.4, 0.5) is 24.7 Å². The molecule has 0 aliphatic rings. The summed E-state index contributed by atoms with van der Waals surface area (Å²) in [4.78, 5) is 15.8. The second-order valence-corrected chi connectivity index (χ2v) is 4.81. The van der Waals surface area contributed by atoms with Crippen molar-refractivity contribution in [2.24, 2.45) is 0 Å². The Kier molecular flexibility index (Phi) is 4.49. The molecule has 0 aliphatic heterocycles. The Morgan fingerprint density at radius 1 is 1.14 bits per heavy atom. The number of nitrogens with zero attached hydrogens (tertiary/aromatic N) is 1. The average molecular weight is 308 g/mol. The van der Waals surface area contributed by atoms with Crippen LogP contribution < -0.4 is 5.32 Å². The lowest BCUT2D eigenvalue weighted by Crippen LogP contribution is -2.06. The third-order valence-corrected chi connectivity index (χ3v) is 3.18. The zero-order valence-electron chi connectivity index (χ0n) is 12.2. The Bertz CT molecular complexity index is 679. The lowest BCUT2D eigenvalue weighted by molar-refractivity contribution is -0.137. The largest absolute Gasteiger partial charge is 0.416 e. The highest BCUT2D eigenvalue weighted by atomic mass is 19.4. The van der Waals surface area contributed by atoms with E-state index in [1.807, 2.05) is 6.92 Å². The maximum absolute atomic E-state index is 12.5. The average Bonchev–Trinajstić information content (AvgIpc) is 2.46. The zero-order chi connectivity index (χ0) is 16.3. The summed E-state index contributed by atoms with van der Waals surface area (Å²) in [7, 11) is 0. The van der Waals surface area contributed by atoms with Gasteiger partial charge in [-0.05, 0) is 42.3 Å². The van der Waals surface area contributed by atoms with Crippen molar-refractivity contribution in [2.75, 3.05) is 5.32 Å². The molecule has 1 N–H and O–H groups in total. The predicted octanol–water partition coefficient (Wildman–Crippen LogP) is 4.61. The normalized spacial score (nSPS) is 11.3. The molecule has 1 heterocycles. The van der Waals surface area contributed by atoms with Crippen LogP contribution >= 0.6 is 0 Å². The number of hydrogen-bond donors (Lipinski definition) is 1. The van der Waals surface area contributed by atoms with E-state index in [1.165, 1.54) is 19.1 Å². The first kappa shape index (κ1) is 16.0. The van der Waals surface area contributed by atoms with Crippen molar-refractivity contribution in [3.8, 4) is 0 Å². The van der Waals surface area contributed by atoms with Crippen LogP contribution in [0.3, 0.4) is 0 Å². The summed E-state index contributed by atoms with van der Waals surface area (Å²) >= 11 is 0. The van der Waals surface area contributed by atoms with E-state index in [-0.39, 0.29) is 5.78 Å². The first-order chi connectivity index (χ1) is 10.3. The van der Waals surface area contributed by atoms with Crippen LogP contribution in [0.15, 0.2) is 36.4 Å². The second kappa shape index (κ2) is 6.17. The van der Waals surface area contributed by atoms with Crippen LogP contribution in [0.5, 0.6) is 0 Å². The first-order valence-electron chi connectivity index (χ1n) is 6.76. The van der Waals surface area contributed by atoms with E-state index in [9.17, 15) is 18.0 Å². The summed E-state index contributed by atoms with van der Waals surface area (Å²) in [6, 6.07) is 8.12. The lowest BCUT2D eigenvalue weighted by Gasteiger charge is -2.11. The number of hydrogen-bond acceptors (Lipinski definition) is 3. The third-order valence-electron chi connectivity index (χ3n) is 3.18. The lowest BCUT2D eigenvalue weighted by atomic mass is 10.1. The Hall–Kier alpha value is -2.37. The van der Waals surface area contributed by atoms with E-state index in [4.69, 9.17) is 0 Å². The molecule has 0 spiro atoms. The van der Waals surface area contributed by atoms with E-state index in [2.05, 4.69) is 10.3 Å². The van der Waals surface area contributed by atoms with Crippen molar-refractivity contribution in [3.05, 3.63) is 53.2 Å². The summed E-state index contributed by atoms with van der Waals surface area (Å²) in [5.41, 5.74) is 0.973. The number of alkyl halides is 3. The number of nitrogens with one attached hydrogen (secondary N) is 1. The fourth-order valence-electron chi connectivity index (χ4n) is 2.04. The van der Waals surface area contributed by atoms with Gasteiger partial charge in [-0.1, -0.05) is 13.0 Å². The van der Waals surface area contributed by atoms with E-state index in [1.54, 1.807) is 12.1 Å². The molecule has 0 amide bonds. The van der Waals surface area contributed by atoms with Gasteiger partial charge >= 0.3 is 6.18 Å². The number of aryl methyl sites for hydroxylation is 1. The van der Waals surface area contributed by atoms with Gasteiger partial charge in [-0.15, -0.1) is 0 Å². The number of pyridine rings is 1. The highest BCUT2D eigenvalue weighted by molar-refractivity contribution is 5.94. The van der Waals surface area contributed by atoms with Gasteiger partial charge in [-0.3, -0.25) is 4.79 Å². The number of ketones is 1. The molecule has 0 radical (unpaired) electrons. The minimum Gasteiger partial charge on any atom is -0.340 e. The molecule has 2 rings (SSSR count). The fraction of sp³-hybridized carbons (Fsp3) is 0.250. The molecule has 0 unspecified atom stereocenters. The molecule has 1 aromatic carbocycles. The molecule has 0 atom stereocenters. The van der Waals surface area contributed by atoms with Crippen molar-refractivity contribution in [1.82, 2.24) is 4.98 Å². The Morgan fingerprint density at radius 2 is 1.77 bits per heavy atom.